The van der Waals surface area contributed by atoms with Gasteiger partial charge in [-0.2, -0.15) is 0 Å². The predicted octanol–water partition coefficient (Wildman–Crippen LogP) is 2.87. The van der Waals surface area contributed by atoms with Gasteiger partial charge in [0, 0.05) is 0 Å². The van der Waals surface area contributed by atoms with Crippen molar-refractivity contribution in [3.8, 4) is 0 Å². The molecule has 15 heavy (non-hydrogen) atoms. The molecule has 3 heteroatoms. The van der Waals surface area contributed by atoms with Gasteiger partial charge in [0.1, 0.15) is 5.78 Å². The Morgan fingerprint density at radius 1 is 1.40 bits per heavy atom. The van der Waals surface area contributed by atoms with Gasteiger partial charge in [0.15, 0.2) is 0 Å². The second kappa shape index (κ2) is 5.42. The quantitative estimate of drug-likeness (QED) is 0.867. The number of ketones is 1. The van der Waals surface area contributed by atoms with Gasteiger partial charge in [-0.1, -0.05) is 36.9 Å². The molecule has 0 aliphatic carbocycles. The zero-order valence-electron chi connectivity index (χ0n) is 8.48. The number of Topliss-reactive ketones (excluding diaryl/α,β-unsaturated/α-hetero) is 1. The lowest BCUT2D eigenvalue weighted by Gasteiger charge is -2.19. The zero-order chi connectivity index (χ0) is 11.4. The molecule has 0 aromatic heterocycles. The standard InChI is InChI=1S/C12H13IO2/c1-8(13)11(9(2)14)12(15)10-6-4-3-5-7-10/h3-7,11-12,15H,1H2,2H3/t11-,12?/m0/s1. The summed E-state index contributed by atoms with van der Waals surface area (Å²) in [6.45, 7) is 5.20. The summed E-state index contributed by atoms with van der Waals surface area (Å²) in [7, 11) is 0. The Morgan fingerprint density at radius 3 is 2.33 bits per heavy atom. The van der Waals surface area contributed by atoms with Crippen LogP contribution in [0.5, 0.6) is 0 Å². The van der Waals surface area contributed by atoms with E-state index in [-0.39, 0.29) is 5.78 Å². The van der Waals surface area contributed by atoms with E-state index in [2.05, 4.69) is 6.58 Å². The summed E-state index contributed by atoms with van der Waals surface area (Å²) in [6, 6.07) is 9.16. The Bertz CT molecular complexity index is 345. The minimum Gasteiger partial charge on any atom is -0.387 e. The fourth-order valence-electron chi connectivity index (χ4n) is 1.46. The summed E-state index contributed by atoms with van der Waals surface area (Å²) < 4.78 is 0.663. The van der Waals surface area contributed by atoms with E-state index in [1.807, 2.05) is 40.8 Å². The minimum absolute atomic E-state index is 0.0641. The number of rotatable bonds is 4. The molecule has 0 heterocycles. The monoisotopic (exact) mass is 316 g/mol. The van der Waals surface area contributed by atoms with Crippen LogP contribution < -0.4 is 0 Å². The van der Waals surface area contributed by atoms with Crippen LogP contribution in [-0.2, 0) is 4.79 Å². The molecule has 1 unspecified atom stereocenters. The summed E-state index contributed by atoms with van der Waals surface area (Å²) in [5, 5.41) is 10.0. The smallest absolute Gasteiger partial charge is 0.140 e. The van der Waals surface area contributed by atoms with Crippen molar-refractivity contribution in [1.29, 1.82) is 0 Å². The van der Waals surface area contributed by atoms with Crippen LogP contribution in [0.2, 0.25) is 0 Å². The van der Waals surface area contributed by atoms with Crippen LogP contribution in [0.3, 0.4) is 0 Å². The van der Waals surface area contributed by atoms with Gasteiger partial charge in [-0.3, -0.25) is 4.79 Å². The van der Waals surface area contributed by atoms with Crippen molar-refractivity contribution in [3.05, 3.63) is 46.1 Å². The Labute approximate surface area is 103 Å². The lowest BCUT2D eigenvalue weighted by molar-refractivity contribution is -0.122. The van der Waals surface area contributed by atoms with E-state index in [0.717, 1.165) is 5.56 Å². The molecule has 0 aliphatic rings. The van der Waals surface area contributed by atoms with Crippen molar-refractivity contribution in [3.63, 3.8) is 0 Å². The van der Waals surface area contributed by atoms with Crippen molar-refractivity contribution < 1.29 is 9.90 Å². The van der Waals surface area contributed by atoms with Crippen LogP contribution in [0.15, 0.2) is 40.5 Å². The number of aliphatic hydroxyl groups excluding tert-OH is 1. The van der Waals surface area contributed by atoms with Crippen LogP contribution in [0.1, 0.15) is 18.6 Å². The van der Waals surface area contributed by atoms with Gasteiger partial charge in [-0.05, 0) is 38.7 Å². The lowest BCUT2D eigenvalue weighted by Crippen LogP contribution is -2.19. The van der Waals surface area contributed by atoms with Gasteiger partial charge < -0.3 is 5.11 Å². The molecule has 0 fully saturated rings. The Morgan fingerprint density at radius 2 is 1.93 bits per heavy atom. The second-order valence-corrected chi connectivity index (χ2v) is 4.78. The molecule has 0 aliphatic heterocycles. The summed E-state index contributed by atoms with van der Waals surface area (Å²) in [5.74, 6) is -0.584. The van der Waals surface area contributed by atoms with E-state index in [4.69, 9.17) is 0 Å². The molecule has 2 nitrogen and oxygen atoms in total. The first-order valence-corrected chi connectivity index (χ1v) is 5.69. The van der Waals surface area contributed by atoms with Gasteiger partial charge in [0.25, 0.3) is 0 Å². The Balaban J connectivity index is 2.96. The number of aliphatic hydroxyl groups is 1. The fraction of sp³-hybridized carbons (Fsp3) is 0.250. The molecule has 1 rings (SSSR count). The molecular formula is C12H13IO2. The highest BCUT2D eigenvalue weighted by Gasteiger charge is 2.26. The molecule has 1 N–H and O–H groups in total. The fourth-order valence-corrected chi connectivity index (χ4v) is 2.24. The molecule has 0 radical (unpaired) electrons. The maximum Gasteiger partial charge on any atom is 0.140 e. The molecule has 0 bridgehead atoms. The number of carbonyl (C=O) groups is 1. The van der Waals surface area contributed by atoms with Crippen molar-refractivity contribution in [1.82, 2.24) is 0 Å². The van der Waals surface area contributed by atoms with E-state index in [9.17, 15) is 9.90 Å². The van der Waals surface area contributed by atoms with E-state index in [0.29, 0.717) is 3.58 Å². The van der Waals surface area contributed by atoms with E-state index >= 15 is 0 Å². The topological polar surface area (TPSA) is 37.3 Å². The molecule has 80 valence electrons. The van der Waals surface area contributed by atoms with Crippen LogP contribution in [-0.4, -0.2) is 10.9 Å². The van der Waals surface area contributed by atoms with Crippen LogP contribution >= 0.6 is 22.6 Å². The average Bonchev–Trinajstić information content (AvgIpc) is 2.18. The number of hydrogen-bond acceptors (Lipinski definition) is 2. The third-order valence-electron chi connectivity index (χ3n) is 2.23. The summed E-state index contributed by atoms with van der Waals surface area (Å²) in [4.78, 5) is 11.4. The SMILES string of the molecule is C=C(I)[C@@H](C(C)=O)C(O)c1ccccc1. The molecule has 2 atom stereocenters. The number of carbonyl (C=O) groups excluding carboxylic acids is 1. The van der Waals surface area contributed by atoms with Crippen LogP contribution in [0.4, 0.5) is 0 Å². The first kappa shape index (κ1) is 12.4. The van der Waals surface area contributed by atoms with Crippen LogP contribution in [0.25, 0.3) is 0 Å². The molecule has 0 saturated carbocycles. The maximum absolute atomic E-state index is 11.4. The number of benzene rings is 1. The van der Waals surface area contributed by atoms with Gasteiger partial charge in [0.2, 0.25) is 0 Å². The highest BCUT2D eigenvalue weighted by Crippen LogP contribution is 2.30. The first-order chi connectivity index (χ1) is 7.04. The Hall–Kier alpha value is -0.680. The second-order valence-electron chi connectivity index (χ2n) is 3.39. The van der Waals surface area contributed by atoms with Crippen molar-refractivity contribution >= 4 is 28.4 Å². The minimum atomic E-state index is -0.798. The maximum atomic E-state index is 11.4. The number of hydrogen-bond donors (Lipinski definition) is 1. The van der Waals surface area contributed by atoms with Crippen molar-refractivity contribution in [2.45, 2.75) is 13.0 Å². The summed E-state index contributed by atoms with van der Waals surface area (Å²) >= 11 is 1.99. The number of halogens is 1. The molecule has 1 aromatic rings. The predicted molar refractivity (Wildman–Crippen MR) is 68.7 cm³/mol. The highest BCUT2D eigenvalue weighted by atomic mass is 127. The Kier molecular flexibility index (Phi) is 4.47. The van der Waals surface area contributed by atoms with Gasteiger partial charge in [-0.25, -0.2) is 0 Å². The molecule has 0 saturated heterocycles. The average molecular weight is 316 g/mol. The largest absolute Gasteiger partial charge is 0.387 e. The van der Waals surface area contributed by atoms with Gasteiger partial charge in [0.05, 0.1) is 12.0 Å². The third-order valence-corrected chi connectivity index (χ3v) is 2.90. The highest BCUT2D eigenvalue weighted by molar-refractivity contribution is 14.1. The lowest BCUT2D eigenvalue weighted by atomic mass is 9.93. The molecular weight excluding hydrogens is 303 g/mol. The van der Waals surface area contributed by atoms with Gasteiger partial charge in [-0.15, -0.1) is 0 Å². The van der Waals surface area contributed by atoms with E-state index in [1.54, 1.807) is 12.1 Å². The third kappa shape index (κ3) is 3.14. The summed E-state index contributed by atoms with van der Waals surface area (Å²) in [6.07, 6.45) is -0.798. The molecule has 0 spiro atoms. The molecule has 0 amide bonds. The van der Waals surface area contributed by atoms with Crippen molar-refractivity contribution in [2.75, 3.05) is 0 Å². The van der Waals surface area contributed by atoms with E-state index in [1.165, 1.54) is 6.92 Å². The van der Waals surface area contributed by atoms with Crippen molar-refractivity contribution in [2.24, 2.45) is 5.92 Å². The zero-order valence-corrected chi connectivity index (χ0v) is 10.6. The molecule has 1 aromatic carbocycles. The normalized spacial score (nSPS) is 14.3. The van der Waals surface area contributed by atoms with Gasteiger partial charge >= 0.3 is 0 Å². The summed E-state index contributed by atoms with van der Waals surface area (Å²) in [5.41, 5.74) is 0.746. The van der Waals surface area contributed by atoms with E-state index < -0.39 is 12.0 Å². The van der Waals surface area contributed by atoms with Crippen LogP contribution in [0, 0.1) is 5.92 Å². The first-order valence-electron chi connectivity index (χ1n) is 4.61.